The van der Waals surface area contributed by atoms with Gasteiger partial charge in [0, 0.05) is 5.56 Å². The number of aromatic hydroxyl groups is 1. The van der Waals surface area contributed by atoms with E-state index in [1.165, 1.54) is 0 Å². The molecule has 0 spiro atoms. The first-order chi connectivity index (χ1) is 9.10. The molecular formula is C16H16O3. The highest BCUT2D eigenvalue weighted by Crippen LogP contribution is 2.25. The van der Waals surface area contributed by atoms with E-state index in [1.54, 1.807) is 30.3 Å². The Labute approximate surface area is 112 Å². The number of rotatable bonds is 4. The molecule has 3 nitrogen and oxygen atoms in total. The molecule has 0 aliphatic carbocycles. The van der Waals surface area contributed by atoms with Crippen LogP contribution in [0.1, 0.15) is 27.0 Å². The third kappa shape index (κ3) is 3.13. The third-order valence-corrected chi connectivity index (χ3v) is 2.91. The van der Waals surface area contributed by atoms with Crippen molar-refractivity contribution >= 4 is 6.29 Å². The first-order valence-corrected chi connectivity index (χ1v) is 6.07. The third-order valence-electron chi connectivity index (χ3n) is 2.91. The molecule has 3 heteroatoms. The van der Waals surface area contributed by atoms with Gasteiger partial charge in [0.1, 0.15) is 24.4 Å². The van der Waals surface area contributed by atoms with Gasteiger partial charge < -0.3 is 9.84 Å². The van der Waals surface area contributed by atoms with E-state index in [2.05, 4.69) is 0 Å². The number of carbonyl (C=O) groups excluding carboxylic acids is 1. The van der Waals surface area contributed by atoms with Crippen molar-refractivity contribution in [2.45, 2.75) is 20.5 Å². The minimum atomic E-state index is 0.228. The van der Waals surface area contributed by atoms with Crippen LogP contribution < -0.4 is 4.74 Å². The lowest BCUT2D eigenvalue weighted by atomic mass is 10.1. The Kier molecular flexibility index (Phi) is 3.85. The average molecular weight is 256 g/mol. The zero-order chi connectivity index (χ0) is 13.8. The number of hydrogen-bond donors (Lipinski definition) is 1. The van der Waals surface area contributed by atoms with Crippen LogP contribution in [0.5, 0.6) is 11.5 Å². The molecule has 98 valence electrons. The Morgan fingerprint density at radius 1 is 1.16 bits per heavy atom. The summed E-state index contributed by atoms with van der Waals surface area (Å²) in [7, 11) is 0. The number of phenolic OH excluding ortho intramolecular Hbond substituents is 1. The summed E-state index contributed by atoms with van der Waals surface area (Å²) in [6, 6.07) is 10.6. The van der Waals surface area contributed by atoms with Crippen LogP contribution in [0.4, 0.5) is 0 Å². The fraction of sp³-hybridized carbons (Fsp3) is 0.188. The standard InChI is InChI=1S/C16H16O3/c1-11-6-14(9-17)7-12(2)16(11)19-10-13-4-3-5-15(18)8-13/h3-9,18H,10H2,1-2H3. The summed E-state index contributed by atoms with van der Waals surface area (Å²) in [6.07, 6.45) is 0.832. The quantitative estimate of drug-likeness (QED) is 0.853. The Hall–Kier alpha value is -2.29. The monoisotopic (exact) mass is 256 g/mol. The van der Waals surface area contributed by atoms with Crippen molar-refractivity contribution in [1.82, 2.24) is 0 Å². The lowest BCUT2D eigenvalue weighted by molar-refractivity contribution is 0.112. The van der Waals surface area contributed by atoms with Crippen LogP contribution in [0.2, 0.25) is 0 Å². The average Bonchev–Trinajstić information content (AvgIpc) is 2.37. The van der Waals surface area contributed by atoms with E-state index in [9.17, 15) is 9.90 Å². The highest BCUT2D eigenvalue weighted by molar-refractivity contribution is 5.76. The van der Waals surface area contributed by atoms with Crippen molar-refractivity contribution in [3.05, 3.63) is 58.7 Å². The fourth-order valence-corrected chi connectivity index (χ4v) is 2.08. The normalized spacial score (nSPS) is 10.2. The molecule has 2 aromatic carbocycles. The summed E-state index contributed by atoms with van der Waals surface area (Å²) in [4.78, 5) is 10.8. The number of aldehydes is 1. The second-order valence-corrected chi connectivity index (χ2v) is 4.56. The summed E-state index contributed by atoms with van der Waals surface area (Å²) < 4.78 is 5.78. The molecule has 0 amide bonds. The number of hydrogen-bond acceptors (Lipinski definition) is 3. The van der Waals surface area contributed by atoms with Crippen molar-refractivity contribution in [2.75, 3.05) is 0 Å². The maximum Gasteiger partial charge on any atom is 0.150 e. The second-order valence-electron chi connectivity index (χ2n) is 4.56. The van der Waals surface area contributed by atoms with Gasteiger partial charge in [0.15, 0.2) is 0 Å². The molecule has 0 aliphatic rings. The van der Waals surface area contributed by atoms with Gasteiger partial charge in [-0.2, -0.15) is 0 Å². The molecule has 0 radical (unpaired) electrons. The van der Waals surface area contributed by atoms with Gasteiger partial charge in [0.2, 0.25) is 0 Å². The van der Waals surface area contributed by atoms with Crippen LogP contribution in [0.25, 0.3) is 0 Å². The molecule has 19 heavy (non-hydrogen) atoms. The number of ether oxygens (including phenoxy) is 1. The molecule has 0 unspecified atom stereocenters. The molecule has 1 N–H and O–H groups in total. The van der Waals surface area contributed by atoms with Gasteiger partial charge in [0.25, 0.3) is 0 Å². The molecular weight excluding hydrogens is 240 g/mol. The maximum atomic E-state index is 10.8. The van der Waals surface area contributed by atoms with E-state index in [0.29, 0.717) is 12.2 Å². The number of phenols is 1. The van der Waals surface area contributed by atoms with Gasteiger partial charge in [-0.3, -0.25) is 4.79 Å². The van der Waals surface area contributed by atoms with Gasteiger partial charge in [-0.25, -0.2) is 0 Å². The lowest BCUT2D eigenvalue weighted by Gasteiger charge is -2.13. The Bertz CT molecular complexity index is 580. The zero-order valence-corrected chi connectivity index (χ0v) is 11.0. The highest BCUT2D eigenvalue weighted by atomic mass is 16.5. The molecule has 0 aromatic heterocycles. The van der Waals surface area contributed by atoms with Gasteiger partial charge in [-0.1, -0.05) is 12.1 Å². The number of aryl methyl sites for hydroxylation is 2. The predicted octanol–water partition coefficient (Wildman–Crippen LogP) is 3.40. The Balaban J connectivity index is 2.18. The van der Waals surface area contributed by atoms with Crippen LogP contribution in [-0.2, 0) is 6.61 Å². The molecule has 2 aromatic rings. The van der Waals surface area contributed by atoms with E-state index in [4.69, 9.17) is 4.74 Å². The van der Waals surface area contributed by atoms with E-state index in [-0.39, 0.29) is 5.75 Å². The minimum Gasteiger partial charge on any atom is -0.508 e. The van der Waals surface area contributed by atoms with Crippen LogP contribution in [0.15, 0.2) is 36.4 Å². The van der Waals surface area contributed by atoms with Crippen molar-refractivity contribution in [2.24, 2.45) is 0 Å². The summed E-state index contributed by atoms with van der Waals surface area (Å²) >= 11 is 0. The highest BCUT2D eigenvalue weighted by Gasteiger charge is 2.06. The first-order valence-electron chi connectivity index (χ1n) is 6.07. The van der Waals surface area contributed by atoms with E-state index in [1.807, 2.05) is 19.9 Å². The molecule has 0 fully saturated rings. The smallest absolute Gasteiger partial charge is 0.150 e. The minimum absolute atomic E-state index is 0.228. The Morgan fingerprint density at radius 2 is 1.84 bits per heavy atom. The largest absolute Gasteiger partial charge is 0.508 e. The number of carbonyl (C=O) groups is 1. The molecule has 0 bridgehead atoms. The first kappa shape index (κ1) is 13.1. The summed E-state index contributed by atoms with van der Waals surface area (Å²) in [5.41, 5.74) is 3.42. The second kappa shape index (κ2) is 5.57. The van der Waals surface area contributed by atoms with Gasteiger partial charge >= 0.3 is 0 Å². The topological polar surface area (TPSA) is 46.5 Å². The van der Waals surface area contributed by atoms with E-state index >= 15 is 0 Å². The van der Waals surface area contributed by atoms with Crippen molar-refractivity contribution in [1.29, 1.82) is 0 Å². The van der Waals surface area contributed by atoms with Crippen molar-refractivity contribution < 1.29 is 14.6 Å². The zero-order valence-electron chi connectivity index (χ0n) is 11.0. The van der Waals surface area contributed by atoms with Crippen LogP contribution in [0.3, 0.4) is 0 Å². The molecule has 0 saturated carbocycles. The fourth-order valence-electron chi connectivity index (χ4n) is 2.08. The Morgan fingerprint density at radius 3 is 2.42 bits per heavy atom. The van der Waals surface area contributed by atoms with Crippen LogP contribution in [0, 0.1) is 13.8 Å². The van der Waals surface area contributed by atoms with Gasteiger partial charge in [-0.05, 0) is 54.8 Å². The SMILES string of the molecule is Cc1cc(C=O)cc(C)c1OCc1cccc(O)c1. The maximum absolute atomic E-state index is 10.8. The van der Waals surface area contributed by atoms with E-state index < -0.39 is 0 Å². The van der Waals surface area contributed by atoms with Gasteiger partial charge in [0.05, 0.1) is 0 Å². The van der Waals surface area contributed by atoms with E-state index in [0.717, 1.165) is 28.7 Å². The van der Waals surface area contributed by atoms with Crippen LogP contribution >= 0.6 is 0 Å². The summed E-state index contributed by atoms with van der Waals surface area (Å²) in [5, 5.41) is 9.39. The summed E-state index contributed by atoms with van der Waals surface area (Å²) in [5.74, 6) is 1.01. The summed E-state index contributed by atoms with van der Waals surface area (Å²) in [6.45, 7) is 4.21. The van der Waals surface area contributed by atoms with Crippen molar-refractivity contribution in [3.63, 3.8) is 0 Å². The molecule has 0 saturated heterocycles. The van der Waals surface area contributed by atoms with Crippen LogP contribution in [-0.4, -0.2) is 11.4 Å². The predicted molar refractivity (Wildman–Crippen MR) is 73.7 cm³/mol. The molecule has 2 rings (SSSR count). The molecule has 0 aliphatic heterocycles. The molecule has 0 heterocycles. The number of benzene rings is 2. The lowest BCUT2D eigenvalue weighted by Crippen LogP contribution is -2.00. The van der Waals surface area contributed by atoms with Gasteiger partial charge in [-0.15, -0.1) is 0 Å². The van der Waals surface area contributed by atoms with Crippen molar-refractivity contribution in [3.8, 4) is 11.5 Å². The molecule has 0 atom stereocenters.